The zero-order valence-electron chi connectivity index (χ0n) is 13.7. The monoisotopic (exact) mass is 429 g/mol. The van der Waals surface area contributed by atoms with Crippen LogP contribution in [0.1, 0.15) is 5.56 Å². The molecule has 0 heterocycles. The Balaban J connectivity index is 1.97. The lowest BCUT2D eigenvalue weighted by atomic mass is 10.1. The van der Waals surface area contributed by atoms with Crippen molar-refractivity contribution < 1.29 is 19.2 Å². The number of nitro groups is 1. The molecule has 8 nitrogen and oxygen atoms in total. The van der Waals surface area contributed by atoms with E-state index in [1.807, 2.05) is 0 Å². The Morgan fingerprint density at radius 2 is 1.96 bits per heavy atom. The van der Waals surface area contributed by atoms with Gasteiger partial charge in [-0.3, -0.25) is 14.9 Å². The van der Waals surface area contributed by atoms with Crippen LogP contribution in [-0.4, -0.2) is 23.4 Å². The third-order valence-corrected chi connectivity index (χ3v) is 3.88. The van der Waals surface area contributed by atoms with Crippen LogP contribution in [0.4, 0.5) is 11.4 Å². The molecule has 0 aliphatic carbocycles. The molecule has 0 saturated carbocycles. The van der Waals surface area contributed by atoms with Gasteiger partial charge in [0, 0.05) is 16.6 Å². The summed E-state index contributed by atoms with van der Waals surface area (Å²) in [5.74, 6) is -1.59. The van der Waals surface area contributed by atoms with Crippen molar-refractivity contribution in [1.82, 2.24) is 0 Å². The second-order valence-corrected chi connectivity index (χ2v) is 5.98. The van der Waals surface area contributed by atoms with E-state index in [9.17, 15) is 19.7 Å². The summed E-state index contributed by atoms with van der Waals surface area (Å²) in [5.41, 5.74) is 0.536. The highest BCUT2D eigenvalue weighted by Crippen LogP contribution is 2.27. The third-order valence-electron chi connectivity index (χ3n) is 3.22. The highest BCUT2D eigenvalue weighted by molar-refractivity contribution is 9.10. The SMILES string of the molecule is N#C/C(=C/c1ccccc1)C(=O)OCC(=O)Nc1ccc([N+](=O)[O-])cc1Br. The molecule has 2 rings (SSSR count). The van der Waals surface area contributed by atoms with Gasteiger partial charge in [0.1, 0.15) is 11.6 Å². The molecule has 2 aromatic carbocycles. The minimum atomic E-state index is -0.931. The summed E-state index contributed by atoms with van der Waals surface area (Å²) in [6.07, 6.45) is 1.35. The van der Waals surface area contributed by atoms with Crippen LogP contribution in [0.2, 0.25) is 0 Å². The molecule has 2 aromatic rings. The number of nitriles is 1. The van der Waals surface area contributed by atoms with Gasteiger partial charge in [0.05, 0.1) is 10.6 Å². The molecule has 0 radical (unpaired) electrons. The lowest BCUT2D eigenvalue weighted by molar-refractivity contribution is -0.384. The molecule has 1 N–H and O–H groups in total. The lowest BCUT2D eigenvalue weighted by Gasteiger charge is -2.08. The highest BCUT2D eigenvalue weighted by Gasteiger charge is 2.15. The topological polar surface area (TPSA) is 122 Å². The van der Waals surface area contributed by atoms with Gasteiger partial charge < -0.3 is 10.1 Å². The maximum absolute atomic E-state index is 11.9. The minimum absolute atomic E-state index is 0.143. The zero-order chi connectivity index (χ0) is 19.8. The van der Waals surface area contributed by atoms with Crippen molar-refractivity contribution in [2.45, 2.75) is 0 Å². The normalized spacial score (nSPS) is 10.6. The number of non-ortho nitro benzene ring substituents is 1. The zero-order valence-corrected chi connectivity index (χ0v) is 15.3. The summed E-state index contributed by atoms with van der Waals surface area (Å²) in [6, 6.07) is 14.3. The number of nitrogens with zero attached hydrogens (tertiary/aromatic N) is 2. The number of anilines is 1. The Labute approximate surface area is 162 Å². The quantitative estimate of drug-likeness (QED) is 0.246. The first-order valence-electron chi connectivity index (χ1n) is 7.48. The van der Waals surface area contributed by atoms with Crippen LogP contribution < -0.4 is 5.32 Å². The molecule has 0 unspecified atom stereocenters. The van der Waals surface area contributed by atoms with Crippen molar-refractivity contribution in [2.24, 2.45) is 0 Å². The fourth-order valence-electron chi connectivity index (χ4n) is 1.97. The smallest absolute Gasteiger partial charge is 0.349 e. The molecule has 0 saturated heterocycles. The Hall–Kier alpha value is -3.51. The summed E-state index contributed by atoms with van der Waals surface area (Å²) >= 11 is 3.12. The van der Waals surface area contributed by atoms with Crippen LogP contribution in [-0.2, 0) is 14.3 Å². The molecule has 0 spiro atoms. The van der Waals surface area contributed by atoms with Gasteiger partial charge in [-0.05, 0) is 33.6 Å². The molecular formula is C18H12BrN3O5. The minimum Gasteiger partial charge on any atom is -0.451 e. The van der Waals surface area contributed by atoms with Gasteiger partial charge in [0.15, 0.2) is 6.61 Å². The molecule has 0 aromatic heterocycles. The number of hydrogen-bond donors (Lipinski definition) is 1. The molecule has 0 aliphatic rings. The maximum Gasteiger partial charge on any atom is 0.349 e. The van der Waals surface area contributed by atoms with Crippen molar-refractivity contribution in [3.63, 3.8) is 0 Å². The van der Waals surface area contributed by atoms with E-state index in [1.165, 1.54) is 24.3 Å². The molecular weight excluding hydrogens is 418 g/mol. The van der Waals surface area contributed by atoms with Crippen molar-refractivity contribution >= 4 is 45.3 Å². The van der Waals surface area contributed by atoms with Gasteiger partial charge in [-0.25, -0.2) is 4.79 Å². The summed E-state index contributed by atoms with van der Waals surface area (Å²) in [7, 11) is 0. The number of rotatable bonds is 6. The number of esters is 1. The molecule has 0 aliphatic heterocycles. The first kappa shape index (κ1) is 19.8. The largest absolute Gasteiger partial charge is 0.451 e. The average Bonchev–Trinajstić information content (AvgIpc) is 2.66. The summed E-state index contributed by atoms with van der Waals surface area (Å²) < 4.78 is 5.14. The molecule has 136 valence electrons. The van der Waals surface area contributed by atoms with Crippen molar-refractivity contribution in [3.05, 3.63) is 74.3 Å². The van der Waals surface area contributed by atoms with E-state index in [0.29, 0.717) is 10.0 Å². The first-order chi connectivity index (χ1) is 12.9. The molecule has 0 fully saturated rings. The number of nitro benzene ring substituents is 1. The summed E-state index contributed by atoms with van der Waals surface area (Å²) in [6.45, 7) is -0.615. The van der Waals surface area contributed by atoms with Crippen molar-refractivity contribution in [2.75, 3.05) is 11.9 Å². The van der Waals surface area contributed by atoms with Crippen LogP contribution in [0.15, 0.2) is 58.6 Å². The van der Waals surface area contributed by atoms with Crippen LogP contribution in [0, 0.1) is 21.4 Å². The van der Waals surface area contributed by atoms with Crippen LogP contribution in [0.3, 0.4) is 0 Å². The third kappa shape index (κ3) is 5.76. The number of carbonyl (C=O) groups excluding carboxylic acids is 2. The van der Waals surface area contributed by atoms with E-state index in [2.05, 4.69) is 21.2 Å². The second-order valence-electron chi connectivity index (χ2n) is 5.13. The average molecular weight is 430 g/mol. The number of hydrogen-bond acceptors (Lipinski definition) is 6. The fourth-order valence-corrected chi connectivity index (χ4v) is 2.43. The van der Waals surface area contributed by atoms with Gasteiger partial charge in [0.25, 0.3) is 11.6 Å². The Morgan fingerprint density at radius 3 is 2.56 bits per heavy atom. The van der Waals surface area contributed by atoms with Gasteiger partial charge in [0.2, 0.25) is 0 Å². The van der Waals surface area contributed by atoms with E-state index in [-0.39, 0.29) is 16.9 Å². The van der Waals surface area contributed by atoms with E-state index in [1.54, 1.807) is 36.4 Å². The summed E-state index contributed by atoms with van der Waals surface area (Å²) in [5, 5.41) is 22.2. The van der Waals surface area contributed by atoms with Crippen LogP contribution >= 0.6 is 15.9 Å². The van der Waals surface area contributed by atoms with E-state index < -0.39 is 23.4 Å². The number of carbonyl (C=O) groups is 2. The number of nitrogens with one attached hydrogen (secondary N) is 1. The predicted octanol–water partition coefficient (Wildman–Crippen LogP) is 3.45. The van der Waals surface area contributed by atoms with Crippen LogP contribution in [0.5, 0.6) is 0 Å². The Bertz CT molecular complexity index is 951. The standard InChI is InChI=1S/C18H12BrN3O5/c19-15-9-14(22(25)26)6-7-16(15)21-17(23)11-27-18(24)13(10-20)8-12-4-2-1-3-5-12/h1-9H,11H2,(H,21,23)/b13-8-. The van der Waals surface area contributed by atoms with E-state index >= 15 is 0 Å². The van der Waals surface area contributed by atoms with Crippen molar-refractivity contribution in [1.29, 1.82) is 5.26 Å². The van der Waals surface area contributed by atoms with Gasteiger partial charge in [-0.2, -0.15) is 5.26 Å². The lowest BCUT2D eigenvalue weighted by Crippen LogP contribution is -2.21. The first-order valence-corrected chi connectivity index (χ1v) is 8.28. The van der Waals surface area contributed by atoms with Gasteiger partial charge >= 0.3 is 5.97 Å². The fraction of sp³-hybridized carbons (Fsp3) is 0.0556. The number of benzene rings is 2. The molecule has 0 atom stereocenters. The molecule has 27 heavy (non-hydrogen) atoms. The Morgan fingerprint density at radius 1 is 1.26 bits per heavy atom. The molecule has 1 amide bonds. The predicted molar refractivity (Wildman–Crippen MR) is 100 cm³/mol. The highest BCUT2D eigenvalue weighted by atomic mass is 79.9. The molecule has 0 bridgehead atoms. The van der Waals surface area contributed by atoms with Crippen molar-refractivity contribution in [3.8, 4) is 6.07 Å². The van der Waals surface area contributed by atoms with E-state index in [4.69, 9.17) is 10.00 Å². The maximum atomic E-state index is 11.9. The van der Waals surface area contributed by atoms with Crippen LogP contribution in [0.25, 0.3) is 6.08 Å². The summed E-state index contributed by atoms with van der Waals surface area (Å²) in [4.78, 5) is 34.0. The molecule has 9 heteroatoms. The van der Waals surface area contributed by atoms with E-state index in [0.717, 1.165) is 0 Å². The number of amides is 1. The second kappa shape index (κ2) is 9.26. The van der Waals surface area contributed by atoms with Gasteiger partial charge in [-0.1, -0.05) is 30.3 Å². The number of ether oxygens (including phenoxy) is 1. The Kier molecular flexibility index (Phi) is 6.79. The number of halogens is 1. The van der Waals surface area contributed by atoms with Gasteiger partial charge in [-0.15, -0.1) is 0 Å².